The van der Waals surface area contributed by atoms with Crippen LogP contribution in [0.2, 0.25) is 5.02 Å². The van der Waals surface area contributed by atoms with Crippen molar-refractivity contribution in [3.63, 3.8) is 0 Å². The van der Waals surface area contributed by atoms with Crippen LogP contribution in [-0.4, -0.2) is 64.4 Å². The number of hydrogen-bond donors (Lipinski definition) is 0. The average Bonchev–Trinajstić information content (AvgIpc) is 3.45. The molecule has 2 aliphatic rings. The molecular weight excluding hydrogens is 404 g/mol. The van der Waals surface area contributed by atoms with E-state index in [2.05, 4.69) is 35.8 Å². The minimum absolute atomic E-state index is 0.479. The maximum atomic E-state index is 9.02. The summed E-state index contributed by atoms with van der Waals surface area (Å²) in [5.41, 5.74) is 2.15. The van der Waals surface area contributed by atoms with Crippen molar-refractivity contribution < 1.29 is 4.74 Å². The first-order chi connectivity index (χ1) is 14.7. The highest BCUT2D eigenvalue weighted by molar-refractivity contribution is 6.33. The van der Waals surface area contributed by atoms with Gasteiger partial charge in [0.15, 0.2) is 17.0 Å². The zero-order chi connectivity index (χ0) is 20.7. The van der Waals surface area contributed by atoms with Gasteiger partial charge in [-0.3, -0.25) is 0 Å². The molecule has 30 heavy (non-hydrogen) atoms. The Labute approximate surface area is 178 Å². The van der Waals surface area contributed by atoms with Crippen LogP contribution in [0.1, 0.15) is 5.56 Å². The highest BCUT2D eigenvalue weighted by atomic mass is 35.5. The van der Waals surface area contributed by atoms with Crippen molar-refractivity contribution >= 4 is 34.4 Å². The van der Waals surface area contributed by atoms with Gasteiger partial charge in [-0.1, -0.05) is 11.6 Å². The van der Waals surface area contributed by atoms with E-state index in [0.29, 0.717) is 35.6 Å². The fourth-order valence-electron chi connectivity index (χ4n) is 4.52. The third-order valence-corrected chi connectivity index (χ3v) is 6.23. The Bertz CT molecular complexity index is 1110. The molecule has 0 radical (unpaired) electrons. The molecule has 0 aromatic carbocycles. The molecule has 10 heteroatoms. The van der Waals surface area contributed by atoms with Crippen LogP contribution in [0.4, 0.5) is 11.6 Å². The van der Waals surface area contributed by atoms with Crippen LogP contribution in [0.3, 0.4) is 0 Å². The molecule has 0 amide bonds. The van der Waals surface area contributed by atoms with E-state index in [1.54, 1.807) is 32.0 Å². The molecular formula is C20H21ClN8O. The van der Waals surface area contributed by atoms with Gasteiger partial charge in [0.05, 0.1) is 23.5 Å². The van der Waals surface area contributed by atoms with E-state index in [1.165, 1.54) is 0 Å². The van der Waals surface area contributed by atoms with E-state index in [1.807, 2.05) is 4.57 Å². The molecule has 3 aromatic heterocycles. The quantitative estimate of drug-likeness (QED) is 0.613. The maximum Gasteiger partial charge on any atom is 0.165 e. The largest absolute Gasteiger partial charge is 0.383 e. The molecule has 9 nitrogen and oxygen atoms in total. The summed E-state index contributed by atoms with van der Waals surface area (Å²) in [6.07, 6.45) is 5.00. The van der Waals surface area contributed by atoms with Crippen LogP contribution in [0.5, 0.6) is 0 Å². The fraction of sp³-hybridized carbons (Fsp3) is 0.450. The summed E-state index contributed by atoms with van der Waals surface area (Å²) in [6.45, 7) is 4.91. The molecule has 2 aliphatic heterocycles. The molecule has 5 rings (SSSR count). The number of imidazole rings is 1. The number of nitrogens with zero attached hydrogens (tertiary/aromatic N) is 8. The topological polar surface area (TPSA) is 96.0 Å². The van der Waals surface area contributed by atoms with Crippen LogP contribution in [0.25, 0.3) is 11.2 Å². The van der Waals surface area contributed by atoms with Gasteiger partial charge >= 0.3 is 0 Å². The van der Waals surface area contributed by atoms with Gasteiger partial charge in [0, 0.05) is 57.9 Å². The number of aromatic nitrogens is 5. The standard InChI is InChI=1S/C20H21ClN8O/c1-30-3-2-27-12-26-17-19(27)24-11-25-20(17)29-9-14-7-28(8-15(14)10-29)18-16(21)4-13(5-22)6-23-18/h4,6,11-12,14-15H,2-3,7-10H2,1H3. The van der Waals surface area contributed by atoms with Crippen molar-refractivity contribution in [2.45, 2.75) is 6.54 Å². The smallest absolute Gasteiger partial charge is 0.165 e. The van der Waals surface area contributed by atoms with E-state index >= 15 is 0 Å². The minimum Gasteiger partial charge on any atom is -0.383 e. The van der Waals surface area contributed by atoms with Crippen molar-refractivity contribution in [2.24, 2.45) is 11.8 Å². The van der Waals surface area contributed by atoms with E-state index in [9.17, 15) is 0 Å². The number of pyridine rings is 1. The first-order valence-electron chi connectivity index (χ1n) is 9.88. The molecule has 0 spiro atoms. The van der Waals surface area contributed by atoms with Gasteiger partial charge in [-0.05, 0) is 6.07 Å². The monoisotopic (exact) mass is 424 g/mol. The zero-order valence-electron chi connectivity index (χ0n) is 16.6. The predicted octanol–water partition coefficient (Wildman–Crippen LogP) is 1.97. The summed E-state index contributed by atoms with van der Waals surface area (Å²) in [7, 11) is 1.69. The van der Waals surface area contributed by atoms with Gasteiger partial charge < -0.3 is 19.1 Å². The Morgan fingerprint density at radius 3 is 2.50 bits per heavy atom. The van der Waals surface area contributed by atoms with Crippen molar-refractivity contribution in [3.05, 3.63) is 35.5 Å². The molecule has 154 valence electrons. The summed E-state index contributed by atoms with van der Waals surface area (Å²) >= 11 is 6.37. The molecule has 2 saturated heterocycles. The van der Waals surface area contributed by atoms with Gasteiger partial charge in [0.2, 0.25) is 0 Å². The van der Waals surface area contributed by atoms with Crippen molar-refractivity contribution in [1.82, 2.24) is 24.5 Å². The number of ether oxygens (including phenoxy) is 1. The molecule has 0 aliphatic carbocycles. The summed E-state index contributed by atoms with van der Waals surface area (Å²) in [5, 5.41) is 9.55. The number of anilines is 2. The minimum atomic E-state index is 0.479. The third kappa shape index (κ3) is 3.22. The van der Waals surface area contributed by atoms with Crippen molar-refractivity contribution in [2.75, 3.05) is 49.7 Å². The van der Waals surface area contributed by atoms with E-state index < -0.39 is 0 Å². The van der Waals surface area contributed by atoms with E-state index in [0.717, 1.165) is 49.0 Å². The van der Waals surface area contributed by atoms with E-state index in [-0.39, 0.29) is 0 Å². The van der Waals surface area contributed by atoms with Crippen molar-refractivity contribution in [1.29, 1.82) is 5.26 Å². The Kier molecular flexibility index (Phi) is 4.89. The maximum absolute atomic E-state index is 9.02. The Hall–Kier alpha value is -2.96. The number of hydrogen-bond acceptors (Lipinski definition) is 8. The van der Waals surface area contributed by atoms with Crippen LogP contribution < -0.4 is 9.80 Å². The highest BCUT2D eigenvalue weighted by Gasteiger charge is 2.42. The first kappa shape index (κ1) is 19.0. The lowest BCUT2D eigenvalue weighted by Crippen LogP contribution is -2.30. The number of halogens is 1. The van der Waals surface area contributed by atoms with Gasteiger partial charge in [0.25, 0.3) is 0 Å². The second kappa shape index (κ2) is 7.70. The molecule has 5 heterocycles. The molecule has 2 fully saturated rings. The van der Waals surface area contributed by atoms with Gasteiger partial charge in [0.1, 0.15) is 18.2 Å². The van der Waals surface area contributed by atoms with Crippen LogP contribution in [0, 0.1) is 23.2 Å². The average molecular weight is 425 g/mol. The Morgan fingerprint density at radius 1 is 1.10 bits per heavy atom. The summed E-state index contributed by atoms with van der Waals surface area (Å²) < 4.78 is 7.18. The zero-order valence-corrected chi connectivity index (χ0v) is 17.3. The Balaban J connectivity index is 1.33. The molecule has 3 aromatic rings. The molecule has 0 saturated carbocycles. The number of rotatable bonds is 5. The first-order valence-corrected chi connectivity index (χ1v) is 10.3. The van der Waals surface area contributed by atoms with Gasteiger partial charge in [-0.25, -0.2) is 19.9 Å². The second-order valence-electron chi connectivity index (χ2n) is 7.77. The third-order valence-electron chi connectivity index (χ3n) is 5.95. The van der Waals surface area contributed by atoms with Crippen LogP contribution in [0.15, 0.2) is 24.9 Å². The SMILES string of the molecule is COCCn1cnc2c(N3CC4CN(c5ncc(C#N)cc5Cl)CC4C3)ncnc21. The normalized spacial score (nSPS) is 20.7. The number of fused-ring (bicyclic) bond motifs is 2. The summed E-state index contributed by atoms with van der Waals surface area (Å²) in [5.74, 6) is 2.66. The second-order valence-corrected chi connectivity index (χ2v) is 8.18. The summed E-state index contributed by atoms with van der Waals surface area (Å²) in [4.78, 5) is 22.5. The molecule has 2 atom stereocenters. The lowest BCUT2D eigenvalue weighted by molar-refractivity contribution is 0.188. The van der Waals surface area contributed by atoms with Crippen LogP contribution in [-0.2, 0) is 11.3 Å². The summed E-state index contributed by atoms with van der Waals surface area (Å²) in [6, 6.07) is 3.76. The Morgan fingerprint density at radius 2 is 1.83 bits per heavy atom. The lowest BCUT2D eigenvalue weighted by atomic mass is 10.0. The molecule has 0 bridgehead atoms. The highest BCUT2D eigenvalue weighted by Crippen LogP contribution is 2.38. The van der Waals surface area contributed by atoms with Crippen LogP contribution >= 0.6 is 11.6 Å². The van der Waals surface area contributed by atoms with Gasteiger partial charge in [-0.2, -0.15) is 5.26 Å². The number of methoxy groups -OCH3 is 1. The predicted molar refractivity (Wildman–Crippen MR) is 113 cm³/mol. The van der Waals surface area contributed by atoms with Gasteiger partial charge in [-0.15, -0.1) is 0 Å². The number of nitriles is 1. The van der Waals surface area contributed by atoms with E-state index in [4.69, 9.17) is 21.6 Å². The molecule has 0 N–H and O–H groups in total. The molecule has 2 unspecified atom stereocenters. The lowest BCUT2D eigenvalue weighted by Gasteiger charge is -2.23. The van der Waals surface area contributed by atoms with Crippen molar-refractivity contribution in [3.8, 4) is 6.07 Å². The fourth-order valence-corrected chi connectivity index (χ4v) is 4.80.